The van der Waals surface area contributed by atoms with E-state index in [9.17, 15) is 9.59 Å². The van der Waals surface area contributed by atoms with E-state index in [2.05, 4.69) is 16.0 Å². The van der Waals surface area contributed by atoms with Crippen LogP contribution in [-0.4, -0.2) is 30.9 Å². The van der Waals surface area contributed by atoms with Crippen LogP contribution in [0.5, 0.6) is 0 Å². The van der Waals surface area contributed by atoms with Crippen molar-refractivity contribution in [3.8, 4) is 11.1 Å². The van der Waals surface area contributed by atoms with Crippen LogP contribution >= 0.6 is 11.6 Å². The summed E-state index contributed by atoms with van der Waals surface area (Å²) in [5.74, 6) is -0.444. The summed E-state index contributed by atoms with van der Waals surface area (Å²) in [5.41, 5.74) is 7.24. The van der Waals surface area contributed by atoms with Crippen LogP contribution < -0.4 is 16.0 Å². The van der Waals surface area contributed by atoms with Crippen molar-refractivity contribution >= 4 is 29.3 Å². The van der Waals surface area contributed by atoms with Gasteiger partial charge in [0.25, 0.3) is 5.91 Å². The van der Waals surface area contributed by atoms with Crippen molar-refractivity contribution in [1.82, 2.24) is 16.0 Å². The smallest absolute Gasteiger partial charge is 0.317 e. The maximum atomic E-state index is 13.3. The number of carbonyl (C=O) groups is 2. The molecule has 1 aliphatic rings. The molecular weight excluding hydrogens is 496 g/mol. The minimum absolute atomic E-state index is 0.347. The van der Waals surface area contributed by atoms with E-state index in [0.717, 1.165) is 38.9 Å². The first-order valence-electron chi connectivity index (χ1n) is 12.3. The summed E-state index contributed by atoms with van der Waals surface area (Å²) in [4.78, 5) is 31.0. The quantitative estimate of drug-likeness (QED) is 0.287. The number of likely N-dealkylation sites (N-methyl/N-ethyl adjacent to an activating group) is 1. The molecule has 3 amide bonds. The molecule has 0 radical (unpaired) electrons. The lowest BCUT2D eigenvalue weighted by molar-refractivity contribution is -0.122. The minimum Gasteiger partial charge on any atom is -0.356 e. The molecule has 3 N–H and O–H groups in total. The zero-order valence-electron chi connectivity index (χ0n) is 21.0. The standard InChI is InChI=1S/C31H27ClN4O2/c1-19-16-17-21(32)18-26(19)27(20-10-4-3-5-11-20)34-29(30(37)33-2)36-31(38)35-28-24-14-8-6-12-22(24)23-13-7-9-15-25(23)28/h3-18,28-29H,1-2H3,(H,33,37)(H2,35,36,38)/b34-27-. The molecule has 1 atom stereocenters. The van der Waals surface area contributed by atoms with E-state index in [1.54, 1.807) is 0 Å². The van der Waals surface area contributed by atoms with Crippen molar-refractivity contribution in [2.45, 2.75) is 19.1 Å². The lowest BCUT2D eigenvalue weighted by atomic mass is 9.98. The summed E-state index contributed by atoms with van der Waals surface area (Å²) in [7, 11) is 1.51. The molecule has 5 rings (SSSR count). The number of fused-ring (bicyclic) bond motifs is 3. The van der Waals surface area contributed by atoms with Crippen LogP contribution in [-0.2, 0) is 4.79 Å². The summed E-state index contributed by atoms with van der Waals surface area (Å²) in [5, 5.41) is 9.00. The van der Waals surface area contributed by atoms with Crippen LogP contribution in [0.3, 0.4) is 0 Å². The molecular formula is C31H27ClN4O2. The fourth-order valence-electron chi connectivity index (χ4n) is 4.78. The Labute approximate surface area is 226 Å². The Kier molecular flexibility index (Phi) is 7.24. The Morgan fingerprint density at radius 3 is 2.08 bits per heavy atom. The maximum absolute atomic E-state index is 13.3. The predicted octanol–water partition coefficient (Wildman–Crippen LogP) is 5.63. The lowest BCUT2D eigenvalue weighted by Gasteiger charge is -2.20. The molecule has 1 unspecified atom stereocenters. The summed E-state index contributed by atoms with van der Waals surface area (Å²) in [6, 6.07) is 30.2. The molecule has 0 aromatic heterocycles. The number of aliphatic imine (C=N–C) groups is 1. The first-order valence-corrected chi connectivity index (χ1v) is 12.7. The Balaban J connectivity index is 1.49. The number of rotatable bonds is 6. The summed E-state index contributed by atoms with van der Waals surface area (Å²) in [6.07, 6.45) is -1.18. The lowest BCUT2D eigenvalue weighted by Crippen LogP contribution is -2.49. The minimum atomic E-state index is -1.18. The van der Waals surface area contributed by atoms with Gasteiger partial charge in [0, 0.05) is 23.2 Å². The van der Waals surface area contributed by atoms with Gasteiger partial charge in [-0.15, -0.1) is 0 Å². The van der Waals surface area contributed by atoms with Gasteiger partial charge in [-0.05, 0) is 46.9 Å². The molecule has 1 aliphatic carbocycles. The number of hydrogen-bond donors (Lipinski definition) is 3. The molecule has 0 bridgehead atoms. The van der Waals surface area contributed by atoms with Crippen molar-refractivity contribution < 1.29 is 9.59 Å². The maximum Gasteiger partial charge on any atom is 0.317 e. The Morgan fingerprint density at radius 1 is 0.842 bits per heavy atom. The number of nitrogens with zero attached hydrogens (tertiary/aromatic N) is 1. The van der Waals surface area contributed by atoms with Gasteiger partial charge in [-0.2, -0.15) is 0 Å². The average molecular weight is 523 g/mol. The molecule has 0 aliphatic heterocycles. The molecule has 6 nitrogen and oxygen atoms in total. The Morgan fingerprint density at radius 2 is 1.45 bits per heavy atom. The molecule has 0 saturated heterocycles. The fraction of sp³-hybridized carbons (Fsp3) is 0.129. The van der Waals surface area contributed by atoms with Gasteiger partial charge in [-0.1, -0.05) is 96.5 Å². The van der Waals surface area contributed by atoms with Crippen LogP contribution in [0.25, 0.3) is 11.1 Å². The molecule has 4 aromatic rings. The molecule has 0 fully saturated rings. The highest BCUT2D eigenvalue weighted by atomic mass is 35.5. The first kappa shape index (κ1) is 25.2. The van der Waals surface area contributed by atoms with Gasteiger partial charge < -0.3 is 16.0 Å². The van der Waals surface area contributed by atoms with Crippen LogP contribution in [0.4, 0.5) is 4.79 Å². The third kappa shape index (κ3) is 5.04. The van der Waals surface area contributed by atoms with E-state index < -0.39 is 18.1 Å². The first-order chi connectivity index (χ1) is 18.5. The van der Waals surface area contributed by atoms with E-state index in [-0.39, 0.29) is 6.04 Å². The zero-order chi connectivity index (χ0) is 26.6. The molecule has 7 heteroatoms. The summed E-state index contributed by atoms with van der Waals surface area (Å²) >= 11 is 6.32. The third-order valence-electron chi connectivity index (χ3n) is 6.63. The largest absolute Gasteiger partial charge is 0.356 e. The van der Waals surface area contributed by atoms with Gasteiger partial charge in [0.2, 0.25) is 6.17 Å². The predicted molar refractivity (Wildman–Crippen MR) is 152 cm³/mol. The van der Waals surface area contributed by atoms with Crippen molar-refractivity contribution in [1.29, 1.82) is 0 Å². The number of hydrogen-bond acceptors (Lipinski definition) is 3. The summed E-state index contributed by atoms with van der Waals surface area (Å²) in [6.45, 7) is 1.95. The third-order valence-corrected chi connectivity index (χ3v) is 6.87. The second kappa shape index (κ2) is 10.9. The van der Waals surface area contributed by atoms with Crippen LogP contribution in [0.2, 0.25) is 5.02 Å². The molecule has 0 heterocycles. The molecule has 4 aromatic carbocycles. The fourth-order valence-corrected chi connectivity index (χ4v) is 4.95. The number of urea groups is 1. The van der Waals surface area contributed by atoms with Gasteiger partial charge >= 0.3 is 6.03 Å². The molecule has 0 saturated carbocycles. The van der Waals surface area contributed by atoms with Gasteiger partial charge in [0.05, 0.1) is 11.8 Å². The Bertz CT molecular complexity index is 1490. The number of halogens is 1. The van der Waals surface area contributed by atoms with E-state index in [1.165, 1.54) is 7.05 Å². The highest BCUT2D eigenvalue weighted by Crippen LogP contribution is 2.42. The van der Waals surface area contributed by atoms with Crippen molar-refractivity contribution in [2.24, 2.45) is 4.99 Å². The molecule has 0 spiro atoms. The van der Waals surface area contributed by atoms with Crippen molar-refractivity contribution in [3.05, 3.63) is 130 Å². The van der Waals surface area contributed by atoms with Crippen LogP contribution in [0, 0.1) is 6.92 Å². The normalized spacial score (nSPS) is 13.3. The number of aryl methyl sites for hydroxylation is 1. The highest BCUT2D eigenvalue weighted by Gasteiger charge is 2.30. The topological polar surface area (TPSA) is 82.6 Å². The monoisotopic (exact) mass is 522 g/mol. The van der Waals surface area contributed by atoms with E-state index >= 15 is 0 Å². The van der Waals surface area contributed by atoms with Gasteiger partial charge in [0.15, 0.2) is 0 Å². The second-order valence-electron chi connectivity index (χ2n) is 9.05. The van der Waals surface area contributed by atoms with Crippen LogP contribution in [0.1, 0.15) is 33.9 Å². The average Bonchev–Trinajstić information content (AvgIpc) is 3.26. The SMILES string of the molecule is CNC(=O)C(/N=C(/c1ccccc1)c1cc(Cl)ccc1C)NC(=O)NC1c2ccccc2-c2ccccc21. The van der Waals surface area contributed by atoms with E-state index in [1.807, 2.05) is 104 Å². The van der Waals surface area contributed by atoms with Gasteiger partial charge in [0.1, 0.15) is 0 Å². The summed E-state index contributed by atoms with van der Waals surface area (Å²) < 4.78 is 0. The number of nitrogens with one attached hydrogen (secondary N) is 3. The zero-order valence-corrected chi connectivity index (χ0v) is 21.8. The second-order valence-corrected chi connectivity index (χ2v) is 9.48. The molecule has 38 heavy (non-hydrogen) atoms. The number of carbonyl (C=O) groups excluding carboxylic acids is 2. The van der Waals surface area contributed by atoms with Crippen molar-refractivity contribution in [3.63, 3.8) is 0 Å². The van der Waals surface area contributed by atoms with Crippen molar-refractivity contribution in [2.75, 3.05) is 7.05 Å². The van der Waals surface area contributed by atoms with Crippen LogP contribution in [0.15, 0.2) is 102 Å². The van der Waals surface area contributed by atoms with Gasteiger partial charge in [-0.25, -0.2) is 9.79 Å². The van der Waals surface area contributed by atoms with E-state index in [0.29, 0.717) is 10.7 Å². The Hall–Kier alpha value is -4.42. The highest BCUT2D eigenvalue weighted by molar-refractivity contribution is 6.31. The number of benzene rings is 4. The van der Waals surface area contributed by atoms with Gasteiger partial charge in [-0.3, -0.25) is 4.79 Å². The van der Waals surface area contributed by atoms with E-state index in [4.69, 9.17) is 16.6 Å². The molecule has 190 valence electrons. The number of amides is 3.